The Labute approximate surface area is 125 Å². The van der Waals surface area contributed by atoms with Crippen LogP contribution >= 0.6 is 0 Å². The van der Waals surface area contributed by atoms with E-state index in [1.165, 1.54) is 0 Å². The summed E-state index contributed by atoms with van der Waals surface area (Å²) in [5.41, 5.74) is -1.10. The number of carboxylic acids is 1. The molecule has 0 atom stereocenters. The summed E-state index contributed by atoms with van der Waals surface area (Å²) >= 11 is 0. The van der Waals surface area contributed by atoms with Crippen LogP contribution in [-0.4, -0.2) is 52.3 Å². The largest absolute Gasteiger partial charge is 0.480 e. The molecule has 6 heteroatoms. The summed E-state index contributed by atoms with van der Waals surface area (Å²) in [4.78, 5) is 25.7. The van der Waals surface area contributed by atoms with Gasteiger partial charge in [-0.2, -0.15) is 0 Å². The molecule has 2 aliphatic rings. The van der Waals surface area contributed by atoms with E-state index >= 15 is 0 Å². The predicted octanol–water partition coefficient (Wildman–Crippen LogP) is 1.43. The van der Waals surface area contributed by atoms with Gasteiger partial charge in [0.2, 0.25) is 0 Å². The third-order valence-corrected chi connectivity index (χ3v) is 5.04. The number of hydrogen-bond donors (Lipinski definition) is 3. The van der Waals surface area contributed by atoms with E-state index in [2.05, 4.69) is 12.2 Å². The lowest BCUT2D eigenvalue weighted by Crippen LogP contribution is -2.60. The first kappa shape index (κ1) is 16.1. The number of nitrogens with one attached hydrogen (secondary N) is 1. The highest BCUT2D eigenvalue weighted by Gasteiger charge is 2.43. The molecule has 2 rings (SSSR count). The zero-order valence-electron chi connectivity index (χ0n) is 12.7. The van der Waals surface area contributed by atoms with E-state index in [0.29, 0.717) is 31.8 Å². The number of carboxylic acid groups (broad SMARTS) is 1. The van der Waals surface area contributed by atoms with Crippen molar-refractivity contribution >= 4 is 12.0 Å². The van der Waals surface area contributed by atoms with E-state index in [4.69, 9.17) is 5.11 Å². The molecule has 2 amide bonds. The van der Waals surface area contributed by atoms with Crippen LogP contribution in [0.25, 0.3) is 0 Å². The number of aliphatic hydroxyl groups is 1. The van der Waals surface area contributed by atoms with Gasteiger partial charge in [-0.3, -0.25) is 0 Å². The third kappa shape index (κ3) is 3.67. The maximum Gasteiger partial charge on any atom is 0.329 e. The average molecular weight is 298 g/mol. The maximum atomic E-state index is 12.3. The highest BCUT2D eigenvalue weighted by molar-refractivity contribution is 5.86. The Kier molecular flexibility index (Phi) is 5.08. The van der Waals surface area contributed by atoms with E-state index in [1.807, 2.05) is 0 Å². The molecule has 1 aliphatic carbocycles. The molecular formula is C15H26N2O4. The number of aliphatic carboxylic acids is 1. The molecule has 3 N–H and O–H groups in total. The first-order chi connectivity index (χ1) is 9.97. The molecule has 1 saturated heterocycles. The second kappa shape index (κ2) is 6.64. The minimum atomic E-state index is -1.10. The number of urea groups is 1. The van der Waals surface area contributed by atoms with E-state index in [9.17, 15) is 14.7 Å². The van der Waals surface area contributed by atoms with Crippen molar-refractivity contribution in [3.8, 4) is 0 Å². The zero-order valence-corrected chi connectivity index (χ0v) is 12.7. The smallest absolute Gasteiger partial charge is 0.329 e. The molecule has 0 aromatic carbocycles. The molecule has 120 valence electrons. The molecule has 1 heterocycles. The fourth-order valence-corrected chi connectivity index (χ4v) is 3.25. The van der Waals surface area contributed by atoms with Gasteiger partial charge < -0.3 is 20.4 Å². The van der Waals surface area contributed by atoms with Crippen LogP contribution in [-0.2, 0) is 4.79 Å². The van der Waals surface area contributed by atoms with E-state index < -0.39 is 11.5 Å². The van der Waals surface area contributed by atoms with E-state index in [1.54, 1.807) is 4.90 Å². The highest BCUT2D eigenvalue weighted by atomic mass is 16.4. The zero-order chi connectivity index (χ0) is 15.5. The number of carbonyl (C=O) groups is 2. The van der Waals surface area contributed by atoms with Crippen molar-refractivity contribution in [2.24, 2.45) is 11.8 Å². The van der Waals surface area contributed by atoms with Gasteiger partial charge in [0.25, 0.3) is 0 Å². The van der Waals surface area contributed by atoms with Gasteiger partial charge in [0, 0.05) is 19.7 Å². The Bertz CT molecular complexity index is 383. The molecule has 0 spiro atoms. The second-order valence-electron chi connectivity index (χ2n) is 6.61. The van der Waals surface area contributed by atoms with Crippen molar-refractivity contribution in [2.75, 3.05) is 19.7 Å². The van der Waals surface area contributed by atoms with Crippen molar-refractivity contribution in [2.45, 2.75) is 51.0 Å². The predicted molar refractivity (Wildman–Crippen MR) is 77.9 cm³/mol. The number of likely N-dealkylation sites (tertiary alicyclic amines) is 1. The molecular weight excluding hydrogens is 272 g/mol. The van der Waals surface area contributed by atoms with Gasteiger partial charge in [-0.15, -0.1) is 0 Å². The molecule has 0 unspecified atom stereocenters. The van der Waals surface area contributed by atoms with Gasteiger partial charge in [-0.25, -0.2) is 9.59 Å². The average Bonchev–Trinajstić information content (AvgIpc) is 2.49. The van der Waals surface area contributed by atoms with Crippen molar-refractivity contribution in [1.29, 1.82) is 0 Å². The standard InChI is InChI=1S/C15H26N2O4/c1-11-2-6-15(7-3-11,13(19)20)16-14(21)17-8-4-12(10-18)5-9-17/h11-12,18H,2-10H2,1H3,(H,16,21)(H,19,20). The number of carbonyl (C=O) groups excluding carboxylic acids is 1. The van der Waals surface area contributed by atoms with Crippen LogP contribution in [0.2, 0.25) is 0 Å². The minimum absolute atomic E-state index is 0.159. The first-order valence-electron chi connectivity index (χ1n) is 7.88. The Morgan fingerprint density at radius 2 is 1.76 bits per heavy atom. The Morgan fingerprint density at radius 3 is 2.24 bits per heavy atom. The van der Waals surface area contributed by atoms with Crippen molar-refractivity contribution in [1.82, 2.24) is 10.2 Å². The van der Waals surface area contributed by atoms with Gasteiger partial charge in [0.1, 0.15) is 5.54 Å². The van der Waals surface area contributed by atoms with Gasteiger partial charge in [-0.05, 0) is 50.4 Å². The fraction of sp³-hybridized carbons (Fsp3) is 0.867. The van der Waals surface area contributed by atoms with E-state index in [-0.39, 0.29) is 18.6 Å². The number of rotatable bonds is 3. The lowest BCUT2D eigenvalue weighted by Gasteiger charge is -2.39. The summed E-state index contributed by atoms with van der Waals surface area (Å²) in [5, 5.41) is 21.4. The van der Waals surface area contributed by atoms with Crippen LogP contribution in [0.4, 0.5) is 4.79 Å². The Morgan fingerprint density at radius 1 is 1.19 bits per heavy atom. The summed E-state index contributed by atoms with van der Waals surface area (Å²) in [6, 6.07) is -0.275. The molecule has 0 aromatic rings. The monoisotopic (exact) mass is 298 g/mol. The van der Waals surface area contributed by atoms with Gasteiger partial charge in [0.05, 0.1) is 0 Å². The molecule has 21 heavy (non-hydrogen) atoms. The lowest BCUT2D eigenvalue weighted by molar-refractivity contribution is -0.146. The van der Waals surface area contributed by atoms with Gasteiger partial charge in [-0.1, -0.05) is 6.92 Å². The summed E-state index contributed by atoms with van der Waals surface area (Å²) in [5.74, 6) is -0.138. The molecule has 0 bridgehead atoms. The Hall–Kier alpha value is -1.30. The lowest BCUT2D eigenvalue weighted by atomic mass is 9.77. The van der Waals surface area contributed by atoms with Crippen LogP contribution in [0.3, 0.4) is 0 Å². The van der Waals surface area contributed by atoms with Crippen LogP contribution in [0.5, 0.6) is 0 Å². The van der Waals surface area contributed by atoms with Gasteiger partial charge >= 0.3 is 12.0 Å². The minimum Gasteiger partial charge on any atom is -0.480 e. The second-order valence-corrected chi connectivity index (χ2v) is 6.61. The molecule has 1 saturated carbocycles. The summed E-state index contributed by atoms with van der Waals surface area (Å²) < 4.78 is 0. The molecule has 6 nitrogen and oxygen atoms in total. The fourth-order valence-electron chi connectivity index (χ4n) is 3.25. The molecule has 0 aromatic heterocycles. The molecule has 0 radical (unpaired) electrons. The quantitative estimate of drug-likeness (QED) is 0.735. The van der Waals surface area contributed by atoms with Crippen LogP contribution in [0, 0.1) is 11.8 Å². The Balaban J connectivity index is 1.95. The number of nitrogens with zero attached hydrogens (tertiary/aromatic N) is 1. The third-order valence-electron chi connectivity index (χ3n) is 5.04. The highest BCUT2D eigenvalue weighted by Crippen LogP contribution is 2.32. The van der Waals surface area contributed by atoms with Crippen LogP contribution in [0.15, 0.2) is 0 Å². The number of amides is 2. The van der Waals surface area contributed by atoms with Crippen molar-refractivity contribution in [3.05, 3.63) is 0 Å². The normalized spacial score (nSPS) is 31.0. The van der Waals surface area contributed by atoms with Crippen molar-refractivity contribution in [3.63, 3.8) is 0 Å². The van der Waals surface area contributed by atoms with Crippen molar-refractivity contribution < 1.29 is 19.8 Å². The van der Waals surface area contributed by atoms with Crippen LogP contribution < -0.4 is 5.32 Å². The maximum absolute atomic E-state index is 12.3. The molecule has 1 aliphatic heterocycles. The first-order valence-corrected chi connectivity index (χ1v) is 7.88. The number of piperidine rings is 1. The van der Waals surface area contributed by atoms with Crippen LogP contribution in [0.1, 0.15) is 45.4 Å². The summed E-state index contributed by atoms with van der Waals surface area (Å²) in [7, 11) is 0. The summed E-state index contributed by atoms with van der Waals surface area (Å²) in [6.45, 7) is 3.45. The van der Waals surface area contributed by atoms with Gasteiger partial charge in [0.15, 0.2) is 0 Å². The number of aliphatic hydroxyl groups excluding tert-OH is 1. The SMILES string of the molecule is CC1CCC(NC(=O)N2CCC(CO)CC2)(C(=O)O)CC1. The summed E-state index contributed by atoms with van der Waals surface area (Å²) in [6.07, 6.45) is 4.23. The topological polar surface area (TPSA) is 89.9 Å². The molecule has 2 fully saturated rings. The number of hydrogen-bond acceptors (Lipinski definition) is 3. The van der Waals surface area contributed by atoms with E-state index in [0.717, 1.165) is 25.7 Å².